The second-order valence-electron chi connectivity index (χ2n) is 4.60. The first-order valence-electron chi connectivity index (χ1n) is 6.15. The maximum Gasteiger partial charge on any atom is 0.310 e. The molecular weight excluding hydrogens is 274 g/mol. The van der Waals surface area contributed by atoms with Gasteiger partial charge in [0.2, 0.25) is 10.0 Å². The highest BCUT2D eigenvalue weighted by Gasteiger charge is 2.42. The Labute approximate surface area is 113 Å². The predicted octanol–water partition coefficient (Wildman–Crippen LogP) is -0.745. The summed E-state index contributed by atoms with van der Waals surface area (Å²) in [6, 6.07) is -0.700. The minimum atomic E-state index is -3.69. The molecular formula is C11H21NO6S. The first-order valence-corrected chi connectivity index (χ1v) is 7.69. The number of hydrogen-bond acceptors (Lipinski definition) is 6. The van der Waals surface area contributed by atoms with Gasteiger partial charge in [-0.2, -0.15) is 0 Å². The lowest BCUT2D eigenvalue weighted by atomic mass is 10.1. The Morgan fingerprint density at radius 1 is 1.42 bits per heavy atom. The number of carbonyl (C=O) groups is 1. The fourth-order valence-corrected chi connectivity index (χ4v) is 4.30. The number of hydrogen-bond donors (Lipinski definition) is 2. The molecule has 0 heterocycles. The van der Waals surface area contributed by atoms with Crippen molar-refractivity contribution in [1.82, 2.24) is 4.72 Å². The molecule has 0 aromatic heterocycles. The number of methoxy groups -OCH3 is 2. The van der Waals surface area contributed by atoms with Crippen LogP contribution in [-0.4, -0.2) is 58.2 Å². The van der Waals surface area contributed by atoms with Crippen molar-refractivity contribution in [3.8, 4) is 0 Å². The molecule has 19 heavy (non-hydrogen) atoms. The molecule has 1 aliphatic carbocycles. The van der Waals surface area contributed by atoms with Gasteiger partial charge in [0.15, 0.2) is 0 Å². The Balaban J connectivity index is 2.78. The largest absolute Gasteiger partial charge is 0.469 e. The van der Waals surface area contributed by atoms with Crippen LogP contribution in [0.15, 0.2) is 0 Å². The van der Waals surface area contributed by atoms with E-state index in [0.29, 0.717) is 19.3 Å². The topological polar surface area (TPSA) is 102 Å². The predicted molar refractivity (Wildman–Crippen MR) is 68.0 cm³/mol. The molecule has 1 fully saturated rings. The van der Waals surface area contributed by atoms with E-state index < -0.39 is 33.2 Å². The fraction of sp³-hybridized carbons (Fsp3) is 0.909. The Morgan fingerprint density at radius 3 is 2.63 bits per heavy atom. The molecule has 0 saturated heterocycles. The molecule has 7 nitrogen and oxygen atoms in total. The van der Waals surface area contributed by atoms with Gasteiger partial charge in [0, 0.05) is 7.11 Å². The minimum absolute atomic E-state index is 0.0747. The van der Waals surface area contributed by atoms with Crippen molar-refractivity contribution in [2.24, 2.45) is 5.92 Å². The van der Waals surface area contributed by atoms with Crippen molar-refractivity contribution in [3.63, 3.8) is 0 Å². The maximum absolute atomic E-state index is 12.2. The molecule has 0 radical (unpaired) electrons. The van der Waals surface area contributed by atoms with Crippen molar-refractivity contribution >= 4 is 16.0 Å². The molecule has 1 saturated carbocycles. The van der Waals surface area contributed by atoms with Crippen LogP contribution < -0.4 is 4.72 Å². The normalized spacial score (nSPS) is 25.2. The summed E-state index contributed by atoms with van der Waals surface area (Å²) in [6.45, 7) is -0.284. The van der Waals surface area contributed by atoms with Gasteiger partial charge in [-0.15, -0.1) is 0 Å². The zero-order valence-corrected chi connectivity index (χ0v) is 12.0. The second-order valence-corrected chi connectivity index (χ2v) is 6.53. The Kier molecular flexibility index (Phi) is 6.18. The van der Waals surface area contributed by atoms with Crippen LogP contribution in [-0.2, 0) is 24.3 Å². The smallest absolute Gasteiger partial charge is 0.310 e. The first-order chi connectivity index (χ1) is 8.96. The Hall–Kier alpha value is -0.700. The monoisotopic (exact) mass is 295 g/mol. The molecule has 112 valence electrons. The average molecular weight is 295 g/mol. The van der Waals surface area contributed by atoms with Crippen LogP contribution in [0.5, 0.6) is 0 Å². The molecule has 0 aromatic carbocycles. The number of carbonyl (C=O) groups excluding carboxylic acids is 1. The summed E-state index contributed by atoms with van der Waals surface area (Å²) in [4.78, 5) is 11.6. The summed E-state index contributed by atoms with van der Waals surface area (Å²) in [7, 11) is -1.02. The molecule has 1 aliphatic rings. The standard InChI is InChI=1S/C11H21NO6S/c1-17-7-8(6-13)12-19(15,16)10-5-3-4-9(10)11(14)18-2/h8-10,12-13H,3-7H2,1-2H3. The fourth-order valence-electron chi connectivity index (χ4n) is 2.36. The summed E-state index contributed by atoms with van der Waals surface area (Å²) in [6.07, 6.45) is 1.59. The summed E-state index contributed by atoms with van der Waals surface area (Å²) in [5.74, 6) is -1.13. The minimum Gasteiger partial charge on any atom is -0.469 e. The molecule has 8 heteroatoms. The third kappa shape index (κ3) is 4.13. The third-order valence-electron chi connectivity index (χ3n) is 3.27. The molecule has 0 spiro atoms. The molecule has 0 aliphatic heterocycles. The molecule has 2 N–H and O–H groups in total. The van der Waals surface area contributed by atoms with Gasteiger partial charge >= 0.3 is 5.97 Å². The van der Waals surface area contributed by atoms with Gasteiger partial charge in [0.05, 0.1) is 37.5 Å². The summed E-state index contributed by atoms with van der Waals surface area (Å²) >= 11 is 0. The van der Waals surface area contributed by atoms with Crippen molar-refractivity contribution in [2.45, 2.75) is 30.6 Å². The summed E-state index contributed by atoms with van der Waals surface area (Å²) in [5, 5.41) is 8.29. The molecule has 1 rings (SSSR count). The zero-order chi connectivity index (χ0) is 14.5. The molecule has 3 atom stereocenters. The number of nitrogens with one attached hydrogen (secondary N) is 1. The summed E-state index contributed by atoms with van der Waals surface area (Å²) in [5.41, 5.74) is 0. The first kappa shape index (κ1) is 16.4. The van der Waals surface area contributed by atoms with E-state index in [1.165, 1.54) is 14.2 Å². The van der Waals surface area contributed by atoms with Crippen LogP contribution in [0.25, 0.3) is 0 Å². The summed E-state index contributed by atoms with van der Waals surface area (Å²) < 4.78 is 36.3. The van der Waals surface area contributed by atoms with Gasteiger partial charge in [-0.1, -0.05) is 6.42 Å². The van der Waals surface area contributed by atoms with E-state index in [1.54, 1.807) is 0 Å². The van der Waals surface area contributed by atoms with E-state index in [2.05, 4.69) is 9.46 Å². The van der Waals surface area contributed by atoms with E-state index in [-0.39, 0.29) is 13.2 Å². The zero-order valence-electron chi connectivity index (χ0n) is 11.2. The number of rotatable bonds is 7. The lowest BCUT2D eigenvalue weighted by Gasteiger charge is -2.22. The van der Waals surface area contributed by atoms with Crippen molar-refractivity contribution < 1.29 is 27.8 Å². The van der Waals surface area contributed by atoms with Crippen LogP contribution in [0, 0.1) is 5.92 Å². The molecule has 0 amide bonds. The SMILES string of the molecule is COCC(CO)NS(=O)(=O)C1CCCC1C(=O)OC. The molecule has 0 bridgehead atoms. The van der Waals surface area contributed by atoms with Crippen LogP contribution in [0.1, 0.15) is 19.3 Å². The lowest BCUT2D eigenvalue weighted by molar-refractivity contribution is -0.145. The third-order valence-corrected chi connectivity index (χ3v) is 5.30. The van der Waals surface area contributed by atoms with Crippen LogP contribution >= 0.6 is 0 Å². The van der Waals surface area contributed by atoms with Crippen LogP contribution in [0.3, 0.4) is 0 Å². The van der Waals surface area contributed by atoms with E-state index in [0.717, 1.165) is 0 Å². The van der Waals surface area contributed by atoms with Gasteiger partial charge < -0.3 is 14.6 Å². The highest BCUT2D eigenvalue weighted by molar-refractivity contribution is 7.90. The van der Waals surface area contributed by atoms with E-state index in [1.807, 2.05) is 0 Å². The number of aliphatic hydroxyl groups is 1. The van der Waals surface area contributed by atoms with Gasteiger partial charge in [0.1, 0.15) is 0 Å². The van der Waals surface area contributed by atoms with Gasteiger partial charge in [-0.05, 0) is 12.8 Å². The Morgan fingerprint density at radius 2 is 2.11 bits per heavy atom. The highest BCUT2D eigenvalue weighted by atomic mass is 32.2. The molecule has 0 aromatic rings. The lowest BCUT2D eigenvalue weighted by Crippen LogP contribution is -2.47. The van der Waals surface area contributed by atoms with Gasteiger partial charge in [-0.25, -0.2) is 13.1 Å². The highest BCUT2D eigenvalue weighted by Crippen LogP contribution is 2.31. The van der Waals surface area contributed by atoms with Crippen molar-refractivity contribution in [3.05, 3.63) is 0 Å². The second kappa shape index (κ2) is 7.18. The van der Waals surface area contributed by atoms with Gasteiger partial charge in [-0.3, -0.25) is 4.79 Å². The molecule has 3 unspecified atom stereocenters. The Bertz CT molecular complexity index is 396. The van der Waals surface area contributed by atoms with Crippen molar-refractivity contribution in [2.75, 3.05) is 27.4 Å². The number of aliphatic hydroxyl groups excluding tert-OH is 1. The maximum atomic E-state index is 12.2. The van der Waals surface area contributed by atoms with E-state index >= 15 is 0 Å². The van der Waals surface area contributed by atoms with Gasteiger partial charge in [0.25, 0.3) is 0 Å². The number of esters is 1. The van der Waals surface area contributed by atoms with Crippen LogP contribution in [0.4, 0.5) is 0 Å². The van der Waals surface area contributed by atoms with Crippen molar-refractivity contribution in [1.29, 1.82) is 0 Å². The number of ether oxygens (including phenoxy) is 2. The van der Waals surface area contributed by atoms with E-state index in [4.69, 9.17) is 9.84 Å². The number of sulfonamides is 1. The van der Waals surface area contributed by atoms with Crippen LogP contribution in [0.2, 0.25) is 0 Å². The quantitative estimate of drug-likeness (QED) is 0.600. The average Bonchev–Trinajstić information content (AvgIpc) is 2.87. The van der Waals surface area contributed by atoms with E-state index in [9.17, 15) is 13.2 Å².